The number of esters is 1. The number of methoxy groups -OCH3 is 1. The van der Waals surface area contributed by atoms with Gasteiger partial charge in [0.2, 0.25) is 0 Å². The number of hydrogen-bond acceptors (Lipinski definition) is 6. The molecule has 1 aromatic carbocycles. The molecule has 2 N–H and O–H groups in total. The van der Waals surface area contributed by atoms with Crippen LogP contribution in [0.1, 0.15) is 31.1 Å². The Balaban J connectivity index is 3.07. The first-order chi connectivity index (χ1) is 9.24. The molecule has 0 fully saturated rings. The SMILES string of the molecule is COCOc1cc(B(O)O)ccc1C(=O)OC(C)(C)C. The molecule has 110 valence electrons. The molecule has 20 heavy (non-hydrogen) atoms. The van der Waals surface area contributed by atoms with Crippen molar-refractivity contribution in [3.8, 4) is 5.75 Å². The van der Waals surface area contributed by atoms with E-state index in [2.05, 4.69) is 0 Å². The molecule has 1 aromatic rings. The Morgan fingerprint density at radius 2 is 1.95 bits per heavy atom. The third-order valence-electron chi connectivity index (χ3n) is 2.25. The van der Waals surface area contributed by atoms with Crippen molar-refractivity contribution in [3.05, 3.63) is 23.8 Å². The Bertz CT molecular complexity index is 466. The summed E-state index contributed by atoms with van der Waals surface area (Å²) in [5, 5.41) is 18.3. The van der Waals surface area contributed by atoms with Crippen LogP contribution in [0, 0.1) is 0 Å². The Morgan fingerprint density at radius 3 is 2.45 bits per heavy atom. The van der Waals surface area contributed by atoms with Gasteiger partial charge in [0, 0.05) is 7.11 Å². The van der Waals surface area contributed by atoms with Crippen LogP contribution in [0.15, 0.2) is 18.2 Å². The summed E-state index contributed by atoms with van der Waals surface area (Å²) >= 11 is 0. The molecule has 0 aliphatic heterocycles. The average Bonchev–Trinajstić information content (AvgIpc) is 2.33. The highest BCUT2D eigenvalue weighted by molar-refractivity contribution is 6.58. The highest BCUT2D eigenvalue weighted by Crippen LogP contribution is 2.21. The van der Waals surface area contributed by atoms with Gasteiger partial charge < -0.3 is 24.3 Å². The van der Waals surface area contributed by atoms with Gasteiger partial charge in [0.25, 0.3) is 0 Å². The predicted molar refractivity (Wildman–Crippen MR) is 73.9 cm³/mol. The molecule has 0 atom stereocenters. The second-order valence-corrected chi connectivity index (χ2v) is 5.18. The summed E-state index contributed by atoms with van der Waals surface area (Å²) in [7, 11) is -0.203. The van der Waals surface area contributed by atoms with Crippen molar-refractivity contribution < 1.29 is 29.1 Å². The zero-order chi connectivity index (χ0) is 15.3. The van der Waals surface area contributed by atoms with E-state index in [0.29, 0.717) is 0 Å². The third-order valence-corrected chi connectivity index (χ3v) is 2.25. The molecule has 7 heteroatoms. The minimum absolute atomic E-state index is 0.0687. The van der Waals surface area contributed by atoms with Crippen LogP contribution >= 0.6 is 0 Å². The minimum atomic E-state index is -1.65. The van der Waals surface area contributed by atoms with Crippen molar-refractivity contribution >= 4 is 18.6 Å². The van der Waals surface area contributed by atoms with E-state index >= 15 is 0 Å². The van der Waals surface area contributed by atoms with E-state index in [1.54, 1.807) is 20.8 Å². The van der Waals surface area contributed by atoms with E-state index in [0.717, 1.165) is 0 Å². The standard InChI is InChI=1S/C13H19BO6/c1-13(2,3)20-12(15)10-6-5-9(14(16)17)7-11(10)19-8-18-4/h5-7,16-17H,8H2,1-4H3. The Hall–Kier alpha value is -1.57. The smallest absolute Gasteiger partial charge is 0.467 e. The summed E-state index contributed by atoms with van der Waals surface area (Å²) in [6.07, 6.45) is 0. The van der Waals surface area contributed by atoms with Crippen LogP contribution in [0.25, 0.3) is 0 Å². The van der Waals surface area contributed by atoms with Gasteiger partial charge in [0.1, 0.15) is 16.9 Å². The summed E-state index contributed by atoms with van der Waals surface area (Å²) in [6.45, 7) is 5.20. The number of benzene rings is 1. The van der Waals surface area contributed by atoms with E-state index in [-0.39, 0.29) is 23.6 Å². The Kier molecular flexibility index (Phi) is 5.56. The summed E-state index contributed by atoms with van der Waals surface area (Å²) in [4.78, 5) is 12.1. The summed E-state index contributed by atoms with van der Waals surface area (Å²) in [6, 6.07) is 4.21. The van der Waals surface area contributed by atoms with Gasteiger partial charge >= 0.3 is 13.1 Å². The lowest BCUT2D eigenvalue weighted by Crippen LogP contribution is -2.31. The van der Waals surface area contributed by atoms with Gasteiger partial charge in [0.05, 0.1) is 0 Å². The van der Waals surface area contributed by atoms with Crippen molar-refractivity contribution in [2.75, 3.05) is 13.9 Å². The Morgan fingerprint density at radius 1 is 1.30 bits per heavy atom. The zero-order valence-electron chi connectivity index (χ0n) is 12.0. The molecular weight excluding hydrogens is 263 g/mol. The van der Waals surface area contributed by atoms with E-state index < -0.39 is 18.7 Å². The van der Waals surface area contributed by atoms with Crippen LogP contribution in [-0.2, 0) is 9.47 Å². The molecule has 0 saturated carbocycles. The number of rotatable bonds is 5. The molecule has 0 unspecified atom stereocenters. The lowest BCUT2D eigenvalue weighted by molar-refractivity contribution is 0.00556. The van der Waals surface area contributed by atoms with Crippen molar-refractivity contribution in [2.45, 2.75) is 26.4 Å². The van der Waals surface area contributed by atoms with E-state index in [1.165, 1.54) is 25.3 Å². The van der Waals surface area contributed by atoms with E-state index in [1.807, 2.05) is 0 Å². The van der Waals surface area contributed by atoms with Crippen LogP contribution in [0.4, 0.5) is 0 Å². The lowest BCUT2D eigenvalue weighted by Gasteiger charge is -2.20. The molecule has 0 bridgehead atoms. The van der Waals surface area contributed by atoms with Gasteiger partial charge in [0.15, 0.2) is 6.79 Å². The van der Waals surface area contributed by atoms with Crippen LogP contribution in [-0.4, -0.2) is 42.6 Å². The first-order valence-corrected chi connectivity index (χ1v) is 6.10. The van der Waals surface area contributed by atoms with Crippen molar-refractivity contribution in [1.29, 1.82) is 0 Å². The van der Waals surface area contributed by atoms with Gasteiger partial charge in [-0.05, 0) is 38.4 Å². The average molecular weight is 282 g/mol. The molecule has 0 aliphatic carbocycles. The molecule has 0 aliphatic rings. The number of ether oxygens (including phenoxy) is 3. The normalized spacial score (nSPS) is 11.1. The quantitative estimate of drug-likeness (QED) is 0.459. The van der Waals surface area contributed by atoms with E-state index in [4.69, 9.17) is 24.3 Å². The van der Waals surface area contributed by atoms with Gasteiger partial charge in [-0.15, -0.1) is 0 Å². The van der Waals surface area contributed by atoms with Gasteiger partial charge in [-0.2, -0.15) is 0 Å². The molecule has 6 nitrogen and oxygen atoms in total. The van der Waals surface area contributed by atoms with Gasteiger partial charge in [-0.1, -0.05) is 6.07 Å². The molecule has 1 rings (SSSR count). The van der Waals surface area contributed by atoms with Crippen molar-refractivity contribution in [3.63, 3.8) is 0 Å². The highest BCUT2D eigenvalue weighted by atomic mass is 16.7. The molecule has 0 saturated heterocycles. The zero-order valence-corrected chi connectivity index (χ0v) is 12.0. The Labute approximate surface area is 118 Å². The molecule has 0 heterocycles. The summed E-state index contributed by atoms with van der Waals surface area (Å²) in [5.74, 6) is -0.380. The van der Waals surface area contributed by atoms with Crippen LogP contribution in [0.3, 0.4) is 0 Å². The number of carbonyl (C=O) groups is 1. The maximum atomic E-state index is 12.1. The molecule has 0 spiro atoms. The van der Waals surface area contributed by atoms with Gasteiger partial charge in [-0.25, -0.2) is 4.79 Å². The molecule has 0 radical (unpaired) electrons. The van der Waals surface area contributed by atoms with Gasteiger partial charge in [-0.3, -0.25) is 0 Å². The second-order valence-electron chi connectivity index (χ2n) is 5.18. The minimum Gasteiger partial charge on any atom is -0.467 e. The highest BCUT2D eigenvalue weighted by Gasteiger charge is 2.23. The molecule has 0 aromatic heterocycles. The number of carbonyl (C=O) groups excluding carboxylic acids is 1. The van der Waals surface area contributed by atoms with E-state index in [9.17, 15) is 4.79 Å². The summed E-state index contributed by atoms with van der Waals surface area (Å²) < 4.78 is 15.3. The van der Waals surface area contributed by atoms with Crippen LogP contribution in [0.2, 0.25) is 0 Å². The van der Waals surface area contributed by atoms with Crippen LogP contribution in [0.5, 0.6) is 5.75 Å². The number of hydrogen-bond donors (Lipinski definition) is 2. The fourth-order valence-corrected chi connectivity index (χ4v) is 1.44. The molecular formula is C13H19BO6. The lowest BCUT2D eigenvalue weighted by atomic mass is 9.80. The van der Waals surface area contributed by atoms with Crippen LogP contribution < -0.4 is 10.2 Å². The monoisotopic (exact) mass is 282 g/mol. The fourth-order valence-electron chi connectivity index (χ4n) is 1.44. The fraction of sp³-hybridized carbons (Fsp3) is 0.462. The maximum absolute atomic E-state index is 12.1. The van der Waals surface area contributed by atoms with Crippen molar-refractivity contribution in [1.82, 2.24) is 0 Å². The summed E-state index contributed by atoms with van der Waals surface area (Å²) in [5.41, 5.74) is -0.227. The first kappa shape index (κ1) is 16.5. The first-order valence-electron chi connectivity index (χ1n) is 6.10. The second kappa shape index (κ2) is 6.74. The third kappa shape index (κ3) is 4.84. The largest absolute Gasteiger partial charge is 0.488 e. The maximum Gasteiger partial charge on any atom is 0.488 e. The topological polar surface area (TPSA) is 85.2 Å². The van der Waals surface area contributed by atoms with Crippen molar-refractivity contribution in [2.24, 2.45) is 0 Å². The predicted octanol–water partition coefficient (Wildman–Crippen LogP) is 0.304. The molecule has 0 amide bonds.